The molecule has 2 amide bonds. The van der Waals surface area contributed by atoms with E-state index in [1.165, 1.54) is 5.69 Å². The van der Waals surface area contributed by atoms with Crippen molar-refractivity contribution in [1.82, 2.24) is 10.2 Å². The predicted octanol–water partition coefficient (Wildman–Crippen LogP) is 2.57. The fourth-order valence-corrected chi connectivity index (χ4v) is 3.68. The zero-order valence-corrected chi connectivity index (χ0v) is 17.4. The Morgan fingerprint density at radius 3 is 2.17 bits per heavy atom. The van der Waals surface area contributed by atoms with Crippen LogP contribution in [0.5, 0.6) is 0 Å². The normalized spacial score (nSPS) is 15.6. The van der Waals surface area contributed by atoms with Gasteiger partial charge in [-0.1, -0.05) is 36.4 Å². The first-order valence-corrected chi connectivity index (χ1v) is 10.1. The quantitative estimate of drug-likeness (QED) is 0.790. The number of nitrogens with one attached hydrogen (secondary N) is 2. The Morgan fingerprint density at radius 2 is 1.55 bits per heavy atom. The molecule has 6 heteroatoms. The minimum Gasteiger partial charge on any atom is -0.369 e. The van der Waals surface area contributed by atoms with Crippen LogP contribution >= 0.6 is 0 Å². The number of carbonyl (C=O) groups is 2. The fourth-order valence-electron chi connectivity index (χ4n) is 3.68. The lowest BCUT2D eigenvalue weighted by Crippen LogP contribution is -2.54. The highest BCUT2D eigenvalue weighted by Gasteiger charge is 2.25. The number of para-hydroxylation sites is 2. The number of benzene rings is 2. The second kappa shape index (κ2) is 9.56. The molecule has 2 N–H and O–H groups in total. The largest absolute Gasteiger partial charge is 0.369 e. The molecule has 3 rings (SSSR count). The summed E-state index contributed by atoms with van der Waals surface area (Å²) in [5.74, 6) is -0.327. The number of piperazine rings is 1. The lowest BCUT2D eigenvalue weighted by molar-refractivity contribution is -0.128. The molecule has 1 atom stereocenters. The maximum absolute atomic E-state index is 12.5. The third-order valence-electron chi connectivity index (χ3n) is 5.53. The van der Waals surface area contributed by atoms with Gasteiger partial charge in [0.1, 0.15) is 0 Å². The van der Waals surface area contributed by atoms with Crippen molar-refractivity contribution in [2.24, 2.45) is 0 Å². The summed E-state index contributed by atoms with van der Waals surface area (Å²) in [4.78, 5) is 29.3. The molecule has 1 heterocycles. The van der Waals surface area contributed by atoms with Gasteiger partial charge >= 0.3 is 0 Å². The van der Waals surface area contributed by atoms with E-state index < -0.39 is 0 Å². The van der Waals surface area contributed by atoms with Crippen LogP contribution in [0.3, 0.4) is 0 Å². The average Bonchev–Trinajstić information content (AvgIpc) is 2.75. The van der Waals surface area contributed by atoms with Crippen molar-refractivity contribution >= 4 is 23.2 Å². The van der Waals surface area contributed by atoms with Crippen LogP contribution < -0.4 is 15.5 Å². The second-order valence-corrected chi connectivity index (χ2v) is 7.57. The van der Waals surface area contributed by atoms with Crippen molar-refractivity contribution in [3.63, 3.8) is 0 Å². The summed E-state index contributed by atoms with van der Waals surface area (Å²) in [6.07, 6.45) is 0. The Hall–Kier alpha value is -2.86. The highest BCUT2D eigenvalue weighted by Crippen LogP contribution is 2.19. The molecule has 0 aliphatic carbocycles. The van der Waals surface area contributed by atoms with E-state index in [9.17, 15) is 9.59 Å². The van der Waals surface area contributed by atoms with Crippen LogP contribution in [-0.4, -0.2) is 55.5 Å². The summed E-state index contributed by atoms with van der Waals surface area (Å²) in [6, 6.07) is 15.9. The van der Waals surface area contributed by atoms with Crippen molar-refractivity contribution in [3.05, 3.63) is 59.7 Å². The summed E-state index contributed by atoms with van der Waals surface area (Å²) in [6.45, 7) is 9.19. The molecule has 1 saturated heterocycles. The molecule has 2 aromatic rings. The van der Waals surface area contributed by atoms with Gasteiger partial charge in [0.05, 0.1) is 12.6 Å². The van der Waals surface area contributed by atoms with Crippen LogP contribution in [0.1, 0.15) is 18.1 Å². The Morgan fingerprint density at radius 1 is 0.931 bits per heavy atom. The SMILES string of the molecule is Cc1cccc(C)c1NC(=O)CNC(=O)[C@H](C)N1CCN(c2ccccc2)CC1. The molecular weight excluding hydrogens is 364 g/mol. The number of hydrogen-bond acceptors (Lipinski definition) is 4. The smallest absolute Gasteiger partial charge is 0.243 e. The Kier molecular flexibility index (Phi) is 6.88. The summed E-state index contributed by atoms with van der Waals surface area (Å²) < 4.78 is 0. The van der Waals surface area contributed by atoms with E-state index in [-0.39, 0.29) is 24.4 Å². The lowest BCUT2D eigenvalue weighted by atomic mass is 10.1. The van der Waals surface area contributed by atoms with Crippen molar-refractivity contribution < 1.29 is 9.59 Å². The molecule has 0 unspecified atom stereocenters. The Bertz CT molecular complexity index is 825. The van der Waals surface area contributed by atoms with Gasteiger partial charge in [0.2, 0.25) is 11.8 Å². The van der Waals surface area contributed by atoms with Crippen LogP contribution in [0.25, 0.3) is 0 Å². The molecular formula is C23H30N4O2. The minimum atomic E-state index is -0.263. The minimum absolute atomic E-state index is 0.0269. The second-order valence-electron chi connectivity index (χ2n) is 7.57. The van der Waals surface area contributed by atoms with E-state index in [2.05, 4.69) is 32.6 Å². The van der Waals surface area contributed by atoms with Crippen molar-refractivity contribution in [1.29, 1.82) is 0 Å². The number of carbonyl (C=O) groups excluding carboxylic acids is 2. The van der Waals surface area contributed by atoms with E-state index >= 15 is 0 Å². The Labute approximate surface area is 172 Å². The molecule has 1 aliphatic heterocycles. The maximum Gasteiger partial charge on any atom is 0.243 e. The summed E-state index contributed by atoms with van der Waals surface area (Å²) in [7, 11) is 0. The van der Waals surface area contributed by atoms with E-state index in [1.807, 2.05) is 57.2 Å². The molecule has 1 fully saturated rings. The number of anilines is 2. The van der Waals surface area contributed by atoms with E-state index in [0.717, 1.165) is 43.0 Å². The standard InChI is InChI=1S/C23H30N4O2/c1-17-8-7-9-18(2)22(17)25-21(28)16-24-23(29)19(3)26-12-14-27(15-13-26)20-10-5-4-6-11-20/h4-11,19H,12-16H2,1-3H3,(H,24,29)(H,25,28)/t19-/m0/s1. The van der Waals surface area contributed by atoms with Gasteiger partial charge in [-0.25, -0.2) is 0 Å². The van der Waals surface area contributed by atoms with Crippen molar-refractivity contribution in [3.8, 4) is 0 Å². The topological polar surface area (TPSA) is 64.7 Å². The summed E-state index contributed by atoms with van der Waals surface area (Å²) >= 11 is 0. The maximum atomic E-state index is 12.5. The third kappa shape index (κ3) is 5.35. The molecule has 0 spiro atoms. The molecule has 0 aromatic heterocycles. The predicted molar refractivity (Wildman–Crippen MR) is 117 cm³/mol. The number of hydrogen-bond donors (Lipinski definition) is 2. The van der Waals surface area contributed by atoms with E-state index in [4.69, 9.17) is 0 Å². The first-order chi connectivity index (χ1) is 14.0. The highest BCUT2D eigenvalue weighted by molar-refractivity contribution is 5.96. The fraction of sp³-hybridized carbons (Fsp3) is 0.391. The molecule has 0 saturated carbocycles. The molecule has 154 valence electrons. The molecule has 29 heavy (non-hydrogen) atoms. The van der Waals surface area contributed by atoms with Crippen LogP contribution in [-0.2, 0) is 9.59 Å². The average molecular weight is 395 g/mol. The van der Waals surface area contributed by atoms with E-state index in [0.29, 0.717) is 0 Å². The third-order valence-corrected chi connectivity index (χ3v) is 5.53. The van der Waals surface area contributed by atoms with Crippen molar-refractivity contribution in [2.75, 3.05) is 42.9 Å². The first kappa shape index (κ1) is 20.9. The zero-order valence-electron chi connectivity index (χ0n) is 17.4. The van der Waals surface area contributed by atoms with Gasteiger partial charge in [0.25, 0.3) is 0 Å². The molecule has 6 nitrogen and oxygen atoms in total. The van der Waals surface area contributed by atoms with Crippen LogP contribution in [0.2, 0.25) is 0 Å². The van der Waals surface area contributed by atoms with Gasteiger partial charge in [-0.05, 0) is 44.0 Å². The summed E-state index contributed by atoms with van der Waals surface area (Å²) in [5, 5.41) is 5.68. The number of aryl methyl sites for hydroxylation is 2. The van der Waals surface area contributed by atoms with Gasteiger partial charge in [-0.2, -0.15) is 0 Å². The lowest BCUT2D eigenvalue weighted by Gasteiger charge is -2.38. The molecule has 1 aliphatic rings. The monoisotopic (exact) mass is 394 g/mol. The van der Waals surface area contributed by atoms with Gasteiger partial charge in [-0.15, -0.1) is 0 Å². The van der Waals surface area contributed by atoms with Gasteiger partial charge in [0.15, 0.2) is 0 Å². The van der Waals surface area contributed by atoms with Gasteiger partial charge in [-0.3, -0.25) is 14.5 Å². The summed E-state index contributed by atoms with van der Waals surface area (Å²) in [5.41, 5.74) is 4.05. The number of rotatable bonds is 6. The van der Waals surface area contributed by atoms with Crippen LogP contribution in [0.4, 0.5) is 11.4 Å². The molecule has 0 bridgehead atoms. The Balaban J connectivity index is 1.45. The van der Waals surface area contributed by atoms with Crippen molar-refractivity contribution in [2.45, 2.75) is 26.8 Å². The van der Waals surface area contributed by atoms with Gasteiger partial charge < -0.3 is 15.5 Å². The van der Waals surface area contributed by atoms with Crippen LogP contribution in [0.15, 0.2) is 48.5 Å². The van der Waals surface area contributed by atoms with Gasteiger partial charge in [0, 0.05) is 37.6 Å². The van der Waals surface area contributed by atoms with Crippen LogP contribution in [0, 0.1) is 13.8 Å². The number of amides is 2. The highest BCUT2D eigenvalue weighted by atomic mass is 16.2. The first-order valence-electron chi connectivity index (χ1n) is 10.1. The molecule has 0 radical (unpaired) electrons. The molecule has 2 aromatic carbocycles. The number of nitrogens with zero attached hydrogens (tertiary/aromatic N) is 2. The zero-order chi connectivity index (χ0) is 20.8. The van der Waals surface area contributed by atoms with E-state index in [1.54, 1.807) is 0 Å².